The standard InChI is InChI=1S/C21H24N4O/c1-14(2)22-19-13-20(23-17-12-15(3)10-11-18(17)26-4)25-21(24-19)16-8-6-5-7-9-16/h5-14H,1-4H3,(H2,22,23,24,25). The fraction of sp³-hybridized carbons (Fsp3) is 0.238. The number of benzene rings is 2. The van der Waals surface area contributed by atoms with E-state index in [4.69, 9.17) is 9.72 Å². The largest absolute Gasteiger partial charge is 0.495 e. The van der Waals surface area contributed by atoms with Crippen molar-refractivity contribution in [3.8, 4) is 17.1 Å². The van der Waals surface area contributed by atoms with Crippen LogP contribution in [0.1, 0.15) is 19.4 Å². The second kappa shape index (κ2) is 7.87. The van der Waals surface area contributed by atoms with Crippen LogP contribution in [0, 0.1) is 6.92 Å². The summed E-state index contributed by atoms with van der Waals surface area (Å²) in [6.45, 7) is 6.22. The van der Waals surface area contributed by atoms with Crippen LogP contribution in [-0.2, 0) is 0 Å². The van der Waals surface area contributed by atoms with Gasteiger partial charge in [-0.1, -0.05) is 36.4 Å². The van der Waals surface area contributed by atoms with Gasteiger partial charge in [-0.3, -0.25) is 0 Å². The molecular weight excluding hydrogens is 324 g/mol. The van der Waals surface area contributed by atoms with Crippen LogP contribution >= 0.6 is 0 Å². The SMILES string of the molecule is COc1ccc(C)cc1Nc1cc(NC(C)C)nc(-c2ccccc2)n1. The lowest BCUT2D eigenvalue weighted by molar-refractivity contribution is 0.416. The molecule has 2 N–H and O–H groups in total. The summed E-state index contributed by atoms with van der Waals surface area (Å²) >= 11 is 0. The van der Waals surface area contributed by atoms with Gasteiger partial charge in [0.1, 0.15) is 17.4 Å². The van der Waals surface area contributed by atoms with Crippen LogP contribution in [0.25, 0.3) is 11.4 Å². The zero-order valence-corrected chi connectivity index (χ0v) is 15.6. The molecule has 0 spiro atoms. The molecule has 0 saturated carbocycles. The quantitative estimate of drug-likeness (QED) is 0.655. The van der Waals surface area contributed by atoms with E-state index in [2.05, 4.69) is 29.5 Å². The van der Waals surface area contributed by atoms with E-state index in [9.17, 15) is 0 Å². The second-order valence-corrected chi connectivity index (χ2v) is 6.46. The van der Waals surface area contributed by atoms with E-state index in [0.29, 0.717) is 11.6 Å². The van der Waals surface area contributed by atoms with E-state index in [0.717, 1.165) is 28.4 Å². The van der Waals surface area contributed by atoms with Crippen molar-refractivity contribution in [1.29, 1.82) is 0 Å². The van der Waals surface area contributed by atoms with Crippen LogP contribution in [0.2, 0.25) is 0 Å². The molecule has 5 nitrogen and oxygen atoms in total. The molecule has 2 aromatic carbocycles. The third-order valence-corrected chi connectivity index (χ3v) is 3.81. The highest BCUT2D eigenvalue weighted by Crippen LogP contribution is 2.29. The van der Waals surface area contributed by atoms with Gasteiger partial charge in [0.15, 0.2) is 5.82 Å². The predicted molar refractivity (Wildman–Crippen MR) is 107 cm³/mol. The van der Waals surface area contributed by atoms with E-state index < -0.39 is 0 Å². The average molecular weight is 348 g/mol. The Morgan fingerprint density at radius 1 is 0.923 bits per heavy atom. The van der Waals surface area contributed by atoms with E-state index in [-0.39, 0.29) is 6.04 Å². The normalized spacial score (nSPS) is 10.7. The lowest BCUT2D eigenvalue weighted by atomic mass is 10.2. The summed E-state index contributed by atoms with van der Waals surface area (Å²) in [5.41, 5.74) is 2.99. The Morgan fingerprint density at radius 2 is 1.65 bits per heavy atom. The van der Waals surface area contributed by atoms with Gasteiger partial charge in [0.05, 0.1) is 12.8 Å². The Kier molecular flexibility index (Phi) is 5.37. The Morgan fingerprint density at radius 3 is 2.35 bits per heavy atom. The molecule has 3 rings (SSSR count). The molecule has 1 aromatic heterocycles. The lowest BCUT2D eigenvalue weighted by Gasteiger charge is -2.15. The number of hydrogen-bond donors (Lipinski definition) is 2. The molecular formula is C21H24N4O. The molecule has 0 aliphatic carbocycles. The Balaban J connectivity index is 2.02. The van der Waals surface area contributed by atoms with Gasteiger partial charge in [0.25, 0.3) is 0 Å². The van der Waals surface area contributed by atoms with E-state index in [1.54, 1.807) is 7.11 Å². The number of aryl methyl sites for hydroxylation is 1. The number of rotatable bonds is 6. The van der Waals surface area contributed by atoms with Crippen LogP contribution in [0.3, 0.4) is 0 Å². The van der Waals surface area contributed by atoms with Gasteiger partial charge in [-0.25, -0.2) is 9.97 Å². The fourth-order valence-corrected chi connectivity index (χ4v) is 2.65. The minimum Gasteiger partial charge on any atom is -0.495 e. The van der Waals surface area contributed by atoms with Crippen molar-refractivity contribution in [3.05, 3.63) is 60.2 Å². The fourth-order valence-electron chi connectivity index (χ4n) is 2.65. The zero-order valence-electron chi connectivity index (χ0n) is 15.6. The molecule has 0 atom stereocenters. The van der Waals surface area contributed by atoms with Crippen molar-refractivity contribution in [3.63, 3.8) is 0 Å². The summed E-state index contributed by atoms with van der Waals surface area (Å²) in [7, 11) is 1.66. The highest BCUT2D eigenvalue weighted by molar-refractivity contribution is 5.69. The highest BCUT2D eigenvalue weighted by atomic mass is 16.5. The molecule has 0 bridgehead atoms. The summed E-state index contributed by atoms with van der Waals surface area (Å²) in [6.07, 6.45) is 0. The Bertz CT molecular complexity index is 878. The summed E-state index contributed by atoms with van der Waals surface area (Å²) in [6, 6.07) is 18.2. The monoisotopic (exact) mass is 348 g/mol. The minimum absolute atomic E-state index is 0.273. The smallest absolute Gasteiger partial charge is 0.163 e. The molecule has 0 amide bonds. The first-order chi connectivity index (χ1) is 12.5. The van der Waals surface area contributed by atoms with Gasteiger partial charge in [0.2, 0.25) is 0 Å². The number of ether oxygens (including phenoxy) is 1. The van der Waals surface area contributed by atoms with E-state index in [1.807, 2.05) is 61.5 Å². The second-order valence-electron chi connectivity index (χ2n) is 6.46. The maximum atomic E-state index is 5.46. The molecule has 0 aliphatic rings. The number of nitrogens with one attached hydrogen (secondary N) is 2. The van der Waals surface area contributed by atoms with Crippen LogP contribution < -0.4 is 15.4 Å². The molecule has 134 valence electrons. The number of hydrogen-bond acceptors (Lipinski definition) is 5. The van der Waals surface area contributed by atoms with Crippen molar-refractivity contribution in [2.75, 3.05) is 17.7 Å². The molecule has 26 heavy (non-hydrogen) atoms. The van der Waals surface area contributed by atoms with Gasteiger partial charge in [0, 0.05) is 17.7 Å². The highest BCUT2D eigenvalue weighted by Gasteiger charge is 2.10. The molecule has 3 aromatic rings. The third kappa shape index (κ3) is 4.30. The molecule has 0 saturated heterocycles. The molecule has 0 aliphatic heterocycles. The molecule has 1 heterocycles. The first kappa shape index (κ1) is 17.7. The molecule has 0 radical (unpaired) electrons. The topological polar surface area (TPSA) is 59.1 Å². The average Bonchev–Trinajstić information content (AvgIpc) is 2.62. The summed E-state index contributed by atoms with van der Waals surface area (Å²) in [4.78, 5) is 9.35. The van der Waals surface area contributed by atoms with Crippen molar-refractivity contribution < 1.29 is 4.74 Å². The number of anilines is 3. The zero-order chi connectivity index (χ0) is 18.5. The maximum absolute atomic E-state index is 5.46. The molecule has 0 fully saturated rings. The molecule has 5 heteroatoms. The number of aromatic nitrogens is 2. The van der Waals surface area contributed by atoms with Gasteiger partial charge < -0.3 is 15.4 Å². The van der Waals surface area contributed by atoms with Crippen molar-refractivity contribution >= 4 is 17.3 Å². The van der Waals surface area contributed by atoms with Crippen molar-refractivity contribution in [2.45, 2.75) is 26.8 Å². The Hall–Kier alpha value is -3.08. The van der Waals surface area contributed by atoms with Gasteiger partial charge in [-0.2, -0.15) is 0 Å². The van der Waals surface area contributed by atoms with Crippen LogP contribution in [0.15, 0.2) is 54.6 Å². The van der Waals surface area contributed by atoms with Crippen LogP contribution in [-0.4, -0.2) is 23.1 Å². The maximum Gasteiger partial charge on any atom is 0.163 e. The first-order valence-corrected chi connectivity index (χ1v) is 8.68. The first-order valence-electron chi connectivity index (χ1n) is 8.68. The van der Waals surface area contributed by atoms with Gasteiger partial charge >= 0.3 is 0 Å². The van der Waals surface area contributed by atoms with Gasteiger partial charge in [-0.15, -0.1) is 0 Å². The summed E-state index contributed by atoms with van der Waals surface area (Å²) in [5, 5.41) is 6.73. The number of methoxy groups -OCH3 is 1. The van der Waals surface area contributed by atoms with Crippen LogP contribution in [0.4, 0.5) is 17.3 Å². The van der Waals surface area contributed by atoms with E-state index in [1.165, 1.54) is 0 Å². The van der Waals surface area contributed by atoms with Gasteiger partial charge in [-0.05, 0) is 38.5 Å². The van der Waals surface area contributed by atoms with Crippen LogP contribution in [0.5, 0.6) is 5.75 Å². The number of nitrogens with zero attached hydrogens (tertiary/aromatic N) is 2. The van der Waals surface area contributed by atoms with E-state index >= 15 is 0 Å². The minimum atomic E-state index is 0.273. The Labute approximate surface area is 154 Å². The third-order valence-electron chi connectivity index (χ3n) is 3.81. The summed E-state index contributed by atoms with van der Waals surface area (Å²) in [5.74, 6) is 2.94. The predicted octanol–water partition coefficient (Wildman–Crippen LogP) is 5.02. The van der Waals surface area contributed by atoms with Crippen molar-refractivity contribution in [2.24, 2.45) is 0 Å². The lowest BCUT2D eigenvalue weighted by Crippen LogP contribution is -2.12. The molecule has 0 unspecified atom stereocenters. The summed E-state index contributed by atoms with van der Waals surface area (Å²) < 4.78 is 5.46. The van der Waals surface area contributed by atoms with Crippen molar-refractivity contribution in [1.82, 2.24) is 9.97 Å².